The Bertz CT molecular complexity index is 886. The number of hydrogen-bond acceptors (Lipinski definition) is 5. The van der Waals surface area contributed by atoms with Crippen LogP contribution < -0.4 is 0 Å². The van der Waals surface area contributed by atoms with E-state index in [0.717, 1.165) is 31.3 Å². The molecule has 182 valence electrons. The van der Waals surface area contributed by atoms with Crippen molar-refractivity contribution in [3.8, 4) is 0 Å². The fourth-order valence-electron chi connectivity index (χ4n) is 5.59. The van der Waals surface area contributed by atoms with E-state index in [1.807, 2.05) is 0 Å². The van der Waals surface area contributed by atoms with Gasteiger partial charge in [-0.1, -0.05) is 42.7 Å². The Labute approximate surface area is 198 Å². The molecule has 1 N–H and O–H groups in total. The number of carbonyl (C=O) groups excluding carboxylic acids is 2. The molecule has 1 heterocycles. The summed E-state index contributed by atoms with van der Waals surface area (Å²) < 4.78 is 10.2. The van der Waals surface area contributed by atoms with Crippen LogP contribution in [0.15, 0.2) is 46.1 Å². The molecule has 0 saturated carbocycles. The van der Waals surface area contributed by atoms with Gasteiger partial charge in [-0.05, 0) is 88.5 Å². The maximum Gasteiger partial charge on any atom is 0.334 e. The number of aliphatic hydroxyl groups excluding tert-OH is 1. The third kappa shape index (κ3) is 6.69. The lowest BCUT2D eigenvalue weighted by atomic mass is 9.71. The summed E-state index contributed by atoms with van der Waals surface area (Å²) in [4.78, 5) is 23.0. The van der Waals surface area contributed by atoms with E-state index in [-0.39, 0.29) is 5.92 Å². The smallest absolute Gasteiger partial charge is 0.334 e. The number of allylic oxidation sites excluding steroid dienone is 5. The minimum absolute atomic E-state index is 0.0628. The molecule has 0 aromatic carbocycles. The van der Waals surface area contributed by atoms with Crippen LogP contribution in [0.25, 0.3) is 0 Å². The molecule has 0 radical (unpaired) electrons. The lowest BCUT2D eigenvalue weighted by Crippen LogP contribution is -2.28. The number of carbonyl (C=O) groups is 2. The molecule has 33 heavy (non-hydrogen) atoms. The van der Waals surface area contributed by atoms with Crippen LogP contribution in [0.2, 0.25) is 0 Å². The summed E-state index contributed by atoms with van der Waals surface area (Å²) in [7, 11) is 0. The average Bonchev–Trinajstić information content (AvgIpc) is 3.07. The molecule has 0 spiro atoms. The number of ether oxygens (including phenoxy) is 2. The highest BCUT2D eigenvalue weighted by Gasteiger charge is 2.36. The van der Waals surface area contributed by atoms with Crippen molar-refractivity contribution in [1.82, 2.24) is 0 Å². The molecule has 0 aromatic heterocycles. The first-order chi connectivity index (χ1) is 15.6. The van der Waals surface area contributed by atoms with E-state index in [2.05, 4.69) is 39.8 Å². The van der Waals surface area contributed by atoms with Crippen molar-refractivity contribution in [1.29, 1.82) is 0 Å². The third-order valence-corrected chi connectivity index (χ3v) is 7.51. The van der Waals surface area contributed by atoms with Gasteiger partial charge in [-0.3, -0.25) is 4.79 Å². The second-order valence-electron chi connectivity index (χ2n) is 10.6. The van der Waals surface area contributed by atoms with E-state index in [9.17, 15) is 14.7 Å². The van der Waals surface area contributed by atoms with E-state index in [1.165, 1.54) is 37.8 Å². The molecule has 5 nitrogen and oxygen atoms in total. The Balaban J connectivity index is 1.51. The van der Waals surface area contributed by atoms with Crippen molar-refractivity contribution < 1.29 is 24.2 Å². The molecule has 0 bridgehead atoms. The molecular weight excluding hydrogens is 416 g/mol. The second-order valence-corrected chi connectivity index (χ2v) is 10.6. The quantitative estimate of drug-likeness (QED) is 0.353. The molecular formula is C28H40O5. The zero-order valence-electron chi connectivity index (χ0n) is 20.9. The Hall–Kier alpha value is -2.14. The summed E-state index contributed by atoms with van der Waals surface area (Å²) in [6, 6.07) is 0. The van der Waals surface area contributed by atoms with E-state index in [1.54, 1.807) is 11.1 Å². The van der Waals surface area contributed by atoms with Gasteiger partial charge < -0.3 is 14.6 Å². The fraction of sp³-hybridized carbons (Fsp3) is 0.643. The third-order valence-electron chi connectivity index (χ3n) is 7.51. The molecule has 0 aromatic rings. The van der Waals surface area contributed by atoms with Crippen molar-refractivity contribution >= 4 is 11.9 Å². The van der Waals surface area contributed by atoms with Crippen LogP contribution in [0.5, 0.6) is 0 Å². The van der Waals surface area contributed by atoms with Gasteiger partial charge in [0.05, 0.1) is 6.10 Å². The van der Waals surface area contributed by atoms with Gasteiger partial charge in [0.1, 0.15) is 0 Å². The summed E-state index contributed by atoms with van der Waals surface area (Å²) in [6.45, 7) is 10.6. The minimum Gasteiger partial charge on any atom is -0.421 e. The SMILES string of the molecule is CC(=O)OC1OC(=O)C=C1C1CC=C(CCC=C(C)CCC2=C(C)CCCC2(C)C)C(O)C1. The Morgan fingerprint density at radius 2 is 2.06 bits per heavy atom. The molecule has 3 rings (SSSR count). The topological polar surface area (TPSA) is 72.8 Å². The van der Waals surface area contributed by atoms with E-state index >= 15 is 0 Å². The van der Waals surface area contributed by atoms with Crippen molar-refractivity contribution in [3.63, 3.8) is 0 Å². The molecule has 0 saturated heterocycles. The fourth-order valence-corrected chi connectivity index (χ4v) is 5.59. The van der Waals surface area contributed by atoms with Gasteiger partial charge in [0, 0.05) is 18.6 Å². The van der Waals surface area contributed by atoms with Gasteiger partial charge in [-0.2, -0.15) is 0 Å². The first kappa shape index (κ1) is 25.5. The first-order valence-electron chi connectivity index (χ1n) is 12.4. The standard InChI is InChI=1S/C28H40O5/c1-18(11-14-24-19(2)9-7-15-28(24,4)5)8-6-10-21-12-13-22(16-25(21)30)23-17-26(31)33-27(23)32-20(3)29/h8,12,17,22,25,27,30H,6-7,9-11,13-16H2,1-5H3. The zero-order valence-corrected chi connectivity index (χ0v) is 20.9. The molecule has 3 atom stereocenters. The van der Waals surface area contributed by atoms with Gasteiger partial charge in [-0.15, -0.1) is 0 Å². The van der Waals surface area contributed by atoms with Crippen LogP contribution in [0.1, 0.15) is 92.4 Å². The van der Waals surface area contributed by atoms with Crippen LogP contribution in [0.4, 0.5) is 0 Å². The zero-order chi connectivity index (χ0) is 24.2. The van der Waals surface area contributed by atoms with Gasteiger partial charge in [0.2, 0.25) is 0 Å². The van der Waals surface area contributed by atoms with Gasteiger partial charge in [0.15, 0.2) is 0 Å². The summed E-state index contributed by atoms with van der Waals surface area (Å²) in [5, 5.41) is 10.7. The molecule has 5 heteroatoms. The molecule has 3 aliphatic rings. The van der Waals surface area contributed by atoms with Gasteiger partial charge in [-0.25, -0.2) is 4.79 Å². The number of cyclic esters (lactones) is 1. The summed E-state index contributed by atoms with van der Waals surface area (Å²) in [5.74, 6) is -1.05. The highest BCUT2D eigenvalue weighted by atomic mass is 16.7. The van der Waals surface area contributed by atoms with Crippen molar-refractivity contribution in [2.24, 2.45) is 11.3 Å². The van der Waals surface area contributed by atoms with Crippen LogP contribution in [0.3, 0.4) is 0 Å². The van der Waals surface area contributed by atoms with E-state index in [4.69, 9.17) is 9.47 Å². The number of esters is 2. The van der Waals surface area contributed by atoms with Crippen LogP contribution in [-0.4, -0.2) is 29.4 Å². The second kappa shape index (κ2) is 10.9. The normalized spacial score (nSPS) is 27.8. The summed E-state index contributed by atoms with van der Waals surface area (Å²) in [6.07, 6.45) is 13.3. The summed E-state index contributed by atoms with van der Waals surface area (Å²) in [5.41, 5.74) is 6.68. The Kier molecular flexibility index (Phi) is 8.38. The van der Waals surface area contributed by atoms with E-state index in [0.29, 0.717) is 23.8 Å². The molecule has 0 amide bonds. The predicted molar refractivity (Wildman–Crippen MR) is 129 cm³/mol. The maximum atomic E-state index is 11.7. The lowest BCUT2D eigenvalue weighted by molar-refractivity contribution is -0.173. The molecule has 2 aliphatic carbocycles. The minimum atomic E-state index is -0.958. The van der Waals surface area contributed by atoms with Gasteiger partial charge >= 0.3 is 11.9 Å². The lowest BCUT2D eigenvalue weighted by Gasteiger charge is -2.35. The number of hydrogen-bond donors (Lipinski definition) is 1. The molecule has 0 fully saturated rings. The molecule has 3 unspecified atom stereocenters. The molecule has 1 aliphatic heterocycles. The summed E-state index contributed by atoms with van der Waals surface area (Å²) >= 11 is 0. The Morgan fingerprint density at radius 1 is 1.30 bits per heavy atom. The van der Waals surface area contributed by atoms with Crippen molar-refractivity contribution in [2.75, 3.05) is 0 Å². The van der Waals surface area contributed by atoms with Gasteiger partial charge in [0.25, 0.3) is 6.29 Å². The first-order valence-corrected chi connectivity index (χ1v) is 12.4. The number of rotatable bonds is 8. The highest BCUT2D eigenvalue weighted by Crippen LogP contribution is 2.42. The van der Waals surface area contributed by atoms with E-state index < -0.39 is 24.3 Å². The van der Waals surface area contributed by atoms with Crippen LogP contribution in [-0.2, 0) is 19.1 Å². The largest absolute Gasteiger partial charge is 0.421 e. The van der Waals surface area contributed by atoms with Crippen LogP contribution in [0, 0.1) is 11.3 Å². The van der Waals surface area contributed by atoms with Crippen LogP contribution >= 0.6 is 0 Å². The maximum absolute atomic E-state index is 11.7. The van der Waals surface area contributed by atoms with Crippen molar-refractivity contribution in [3.05, 3.63) is 46.1 Å². The average molecular weight is 457 g/mol. The number of aliphatic hydroxyl groups is 1. The predicted octanol–water partition coefficient (Wildman–Crippen LogP) is 6.09. The highest BCUT2D eigenvalue weighted by molar-refractivity contribution is 5.86. The Morgan fingerprint density at radius 3 is 2.73 bits per heavy atom. The monoisotopic (exact) mass is 456 g/mol. The van der Waals surface area contributed by atoms with Crippen molar-refractivity contribution in [2.45, 2.75) is 105 Å².